The second kappa shape index (κ2) is 3.32. The van der Waals surface area contributed by atoms with Gasteiger partial charge in [0.2, 0.25) is 0 Å². The largest absolute Gasteiger partial charge is 0.329 e. The molecule has 1 fully saturated rings. The second-order valence-electron chi connectivity index (χ2n) is 3.00. The lowest BCUT2D eigenvalue weighted by Crippen LogP contribution is -2.59. The molecule has 1 saturated heterocycles. The Labute approximate surface area is 62.6 Å². The first-order valence-electron chi connectivity index (χ1n) is 3.86. The standard InChI is InChI=1S/C7H17N3/c1-9-5-7-3-6(4-8)10(7)2/h6-7,9H,3-5,8H2,1-2H3. The molecule has 10 heavy (non-hydrogen) atoms. The van der Waals surface area contributed by atoms with Crippen molar-refractivity contribution in [2.24, 2.45) is 5.73 Å². The Balaban J connectivity index is 2.18. The van der Waals surface area contributed by atoms with Crippen LogP contribution in [0.3, 0.4) is 0 Å². The molecule has 3 heteroatoms. The van der Waals surface area contributed by atoms with Crippen LogP contribution in [-0.2, 0) is 0 Å². The Morgan fingerprint density at radius 1 is 1.60 bits per heavy atom. The topological polar surface area (TPSA) is 41.3 Å². The highest BCUT2D eigenvalue weighted by molar-refractivity contribution is 4.91. The Bertz CT molecular complexity index is 105. The van der Waals surface area contributed by atoms with Gasteiger partial charge in [-0.3, -0.25) is 4.90 Å². The molecule has 60 valence electrons. The van der Waals surface area contributed by atoms with Crippen molar-refractivity contribution in [3.05, 3.63) is 0 Å². The minimum Gasteiger partial charge on any atom is -0.329 e. The van der Waals surface area contributed by atoms with Gasteiger partial charge in [0.25, 0.3) is 0 Å². The first kappa shape index (κ1) is 7.98. The third-order valence-corrected chi connectivity index (χ3v) is 2.41. The number of nitrogens with one attached hydrogen (secondary N) is 1. The molecule has 0 aromatic rings. The van der Waals surface area contributed by atoms with Gasteiger partial charge in [0, 0.05) is 25.2 Å². The van der Waals surface area contributed by atoms with Crippen LogP contribution in [0.4, 0.5) is 0 Å². The zero-order valence-electron chi connectivity index (χ0n) is 6.80. The smallest absolute Gasteiger partial charge is 0.0236 e. The summed E-state index contributed by atoms with van der Waals surface area (Å²) >= 11 is 0. The highest BCUT2D eigenvalue weighted by atomic mass is 15.2. The SMILES string of the molecule is CNCC1CC(CN)N1C. The average Bonchev–Trinajstić information content (AvgIpc) is 1.96. The molecule has 1 rings (SSSR count). The van der Waals surface area contributed by atoms with E-state index >= 15 is 0 Å². The monoisotopic (exact) mass is 143 g/mol. The molecular weight excluding hydrogens is 126 g/mol. The summed E-state index contributed by atoms with van der Waals surface area (Å²) in [5.74, 6) is 0. The molecule has 2 unspecified atom stereocenters. The van der Waals surface area contributed by atoms with Crippen molar-refractivity contribution in [3.63, 3.8) is 0 Å². The summed E-state index contributed by atoms with van der Waals surface area (Å²) < 4.78 is 0. The van der Waals surface area contributed by atoms with E-state index in [9.17, 15) is 0 Å². The van der Waals surface area contributed by atoms with Crippen LogP contribution >= 0.6 is 0 Å². The van der Waals surface area contributed by atoms with Gasteiger partial charge in [0.15, 0.2) is 0 Å². The van der Waals surface area contributed by atoms with Gasteiger partial charge in [0.05, 0.1) is 0 Å². The molecule has 0 amide bonds. The van der Waals surface area contributed by atoms with Gasteiger partial charge in [0.1, 0.15) is 0 Å². The van der Waals surface area contributed by atoms with Gasteiger partial charge < -0.3 is 11.1 Å². The zero-order chi connectivity index (χ0) is 7.56. The Hall–Kier alpha value is -0.120. The Morgan fingerprint density at radius 2 is 2.30 bits per heavy atom. The van der Waals surface area contributed by atoms with Gasteiger partial charge in [-0.15, -0.1) is 0 Å². The number of nitrogens with zero attached hydrogens (tertiary/aromatic N) is 1. The number of hydrogen-bond acceptors (Lipinski definition) is 3. The molecule has 0 bridgehead atoms. The lowest BCUT2D eigenvalue weighted by atomic mass is 9.94. The third kappa shape index (κ3) is 1.31. The van der Waals surface area contributed by atoms with Crippen LogP contribution in [0.15, 0.2) is 0 Å². The summed E-state index contributed by atoms with van der Waals surface area (Å²) in [6, 6.07) is 1.36. The maximum atomic E-state index is 5.52. The Kier molecular flexibility index (Phi) is 2.65. The molecule has 0 radical (unpaired) electrons. The third-order valence-electron chi connectivity index (χ3n) is 2.41. The van der Waals surface area contributed by atoms with E-state index in [4.69, 9.17) is 5.73 Å². The van der Waals surface area contributed by atoms with Crippen molar-refractivity contribution >= 4 is 0 Å². The minimum absolute atomic E-state index is 0.637. The first-order valence-corrected chi connectivity index (χ1v) is 3.86. The van der Waals surface area contributed by atoms with E-state index in [0.29, 0.717) is 6.04 Å². The molecule has 0 aliphatic carbocycles. The number of rotatable bonds is 3. The predicted octanol–water partition coefficient (Wildman–Crippen LogP) is -0.763. The highest BCUT2D eigenvalue weighted by Gasteiger charge is 2.32. The second-order valence-corrected chi connectivity index (χ2v) is 3.00. The first-order chi connectivity index (χ1) is 4.79. The quantitative estimate of drug-likeness (QED) is 0.545. The van der Waals surface area contributed by atoms with Gasteiger partial charge in [-0.05, 0) is 20.5 Å². The van der Waals surface area contributed by atoms with Crippen LogP contribution in [-0.4, -0.2) is 44.2 Å². The van der Waals surface area contributed by atoms with E-state index in [1.807, 2.05) is 7.05 Å². The fourth-order valence-corrected chi connectivity index (χ4v) is 1.53. The van der Waals surface area contributed by atoms with Crippen LogP contribution < -0.4 is 11.1 Å². The molecule has 0 spiro atoms. The van der Waals surface area contributed by atoms with Gasteiger partial charge >= 0.3 is 0 Å². The van der Waals surface area contributed by atoms with E-state index in [1.165, 1.54) is 6.42 Å². The fraction of sp³-hybridized carbons (Fsp3) is 1.00. The zero-order valence-corrected chi connectivity index (χ0v) is 6.80. The van der Waals surface area contributed by atoms with Crippen LogP contribution in [0.25, 0.3) is 0 Å². The lowest BCUT2D eigenvalue weighted by Gasteiger charge is -2.45. The number of likely N-dealkylation sites (tertiary alicyclic amines) is 1. The highest BCUT2D eigenvalue weighted by Crippen LogP contribution is 2.21. The summed E-state index contributed by atoms with van der Waals surface area (Å²) in [5, 5.41) is 3.16. The molecule has 3 N–H and O–H groups in total. The van der Waals surface area contributed by atoms with Crippen molar-refractivity contribution in [1.82, 2.24) is 10.2 Å². The molecule has 3 nitrogen and oxygen atoms in total. The lowest BCUT2D eigenvalue weighted by molar-refractivity contribution is 0.0512. The van der Waals surface area contributed by atoms with E-state index in [-0.39, 0.29) is 0 Å². The molecule has 2 atom stereocenters. The van der Waals surface area contributed by atoms with E-state index in [2.05, 4.69) is 17.3 Å². The molecule has 0 saturated carbocycles. The molecule has 0 aromatic carbocycles. The van der Waals surface area contributed by atoms with Gasteiger partial charge in [-0.25, -0.2) is 0 Å². The predicted molar refractivity (Wildman–Crippen MR) is 42.9 cm³/mol. The molecule has 1 heterocycles. The van der Waals surface area contributed by atoms with Crippen LogP contribution in [0.1, 0.15) is 6.42 Å². The van der Waals surface area contributed by atoms with E-state index in [0.717, 1.165) is 19.1 Å². The van der Waals surface area contributed by atoms with Crippen LogP contribution in [0.5, 0.6) is 0 Å². The van der Waals surface area contributed by atoms with Crippen LogP contribution in [0.2, 0.25) is 0 Å². The normalized spacial score (nSPS) is 33.9. The molecule has 1 aliphatic rings. The average molecular weight is 143 g/mol. The number of likely N-dealkylation sites (N-methyl/N-ethyl adjacent to an activating group) is 2. The van der Waals surface area contributed by atoms with E-state index < -0.39 is 0 Å². The minimum atomic E-state index is 0.637. The summed E-state index contributed by atoms with van der Waals surface area (Å²) in [4.78, 5) is 2.34. The summed E-state index contributed by atoms with van der Waals surface area (Å²) in [6.07, 6.45) is 1.26. The van der Waals surface area contributed by atoms with Crippen LogP contribution in [0, 0.1) is 0 Å². The maximum absolute atomic E-state index is 5.52. The fourth-order valence-electron chi connectivity index (χ4n) is 1.53. The van der Waals surface area contributed by atoms with Crippen molar-refractivity contribution in [2.75, 3.05) is 27.2 Å². The maximum Gasteiger partial charge on any atom is 0.0236 e. The van der Waals surface area contributed by atoms with E-state index in [1.54, 1.807) is 0 Å². The number of hydrogen-bond donors (Lipinski definition) is 2. The van der Waals surface area contributed by atoms with Gasteiger partial charge in [-0.1, -0.05) is 0 Å². The van der Waals surface area contributed by atoms with Gasteiger partial charge in [-0.2, -0.15) is 0 Å². The van der Waals surface area contributed by atoms with Crippen molar-refractivity contribution in [2.45, 2.75) is 18.5 Å². The van der Waals surface area contributed by atoms with Crippen molar-refractivity contribution < 1.29 is 0 Å². The summed E-state index contributed by atoms with van der Waals surface area (Å²) in [7, 11) is 4.13. The van der Waals surface area contributed by atoms with Crippen molar-refractivity contribution in [1.29, 1.82) is 0 Å². The summed E-state index contributed by atoms with van der Waals surface area (Å²) in [6.45, 7) is 1.89. The Morgan fingerprint density at radius 3 is 2.70 bits per heavy atom. The number of nitrogens with two attached hydrogens (primary N) is 1. The van der Waals surface area contributed by atoms with Crippen molar-refractivity contribution in [3.8, 4) is 0 Å². The summed E-state index contributed by atoms with van der Waals surface area (Å²) in [5.41, 5.74) is 5.52. The molecule has 0 aromatic heterocycles. The molecule has 1 aliphatic heterocycles. The molecular formula is C7H17N3.